The molecule has 0 aliphatic heterocycles. The third kappa shape index (κ3) is 14.2. The van der Waals surface area contributed by atoms with Gasteiger partial charge in [0.15, 0.2) is 6.04 Å². The number of carboxylic acids is 2. The van der Waals surface area contributed by atoms with E-state index in [1.54, 1.807) is 92.6 Å². The average molecular weight is 729 g/mol. The molecule has 7 N–H and O–H groups in total. The molecule has 3 amide bonds. The molecule has 2 rings (SSSR count). The first-order valence-corrected chi connectivity index (χ1v) is 16.7. The van der Waals surface area contributed by atoms with Gasteiger partial charge in [-0.1, -0.05) is 51.1 Å². The van der Waals surface area contributed by atoms with E-state index >= 15 is 0 Å². The fourth-order valence-corrected chi connectivity index (χ4v) is 4.96. The summed E-state index contributed by atoms with van der Waals surface area (Å²) in [6, 6.07) is 8.03. The van der Waals surface area contributed by atoms with Crippen LogP contribution in [0.4, 0.5) is 10.6 Å². The lowest BCUT2D eigenvalue weighted by molar-refractivity contribution is -0.168. The molecule has 2 unspecified atom stereocenters. The van der Waals surface area contributed by atoms with Gasteiger partial charge >= 0.3 is 24.0 Å². The first-order chi connectivity index (χ1) is 23.9. The summed E-state index contributed by atoms with van der Waals surface area (Å²) in [6.45, 7) is 14.8. The molecule has 286 valence electrons. The predicted octanol–water partition coefficient (Wildman–Crippen LogP) is 3.91. The van der Waals surface area contributed by atoms with Crippen LogP contribution in [0.3, 0.4) is 0 Å². The number of ether oxygens (including phenoxy) is 2. The normalized spacial score (nSPS) is 14.1. The number of benzene rings is 1. The number of esters is 1. The number of pyridine rings is 1. The Kier molecular flexibility index (Phi) is 14.7. The highest BCUT2D eigenvalue weighted by Gasteiger charge is 2.42. The van der Waals surface area contributed by atoms with Gasteiger partial charge in [-0.25, -0.2) is 25.0 Å². The van der Waals surface area contributed by atoms with Gasteiger partial charge in [0.05, 0.1) is 23.4 Å². The van der Waals surface area contributed by atoms with Crippen LogP contribution in [-0.2, 0) is 35.1 Å². The number of nitrogens with zero attached hydrogens (tertiary/aromatic N) is 2. The van der Waals surface area contributed by atoms with Crippen molar-refractivity contribution in [2.45, 2.75) is 105 Å². The molecule has 0 radical (unpaired) electrons. The second-order valence-corrected chi connectivity index (χ2v) is 15.4. The Balaban J connectivity index is 2.55. The Morgan fingerprint density at radius 2 is 1.42 bits per heavy atom. The minimum Gasteiger partial charge on any atom is -0.481 e. The van der Waals surface area contributed by atoms with Gasteiger partial charge in [0.1, 0.15) is 17.0 Å². The summed E-state index contributed by atoms with van der Waals surface area (Å²) in [5.74, 6) is -7.71. The van der Waals surface area contributed by atoms with Gasteiger partial charge in [0.2, 0.25) is 0 Å². The second kappa shape index (κ2) is 17.8. The monoisotopic (exact) mass is 728 g/mol. The quantitative estimate of drug-likeness (QED) is 0.120. The highest BCUT2D eigenvalue weighted by molar-refractivity contribution is 5.97. The van der Waals surface area contributed by atoms with Crippen LogP contribution in [0.1, 0.15) is 91.1 Å². The second-order valence-electron chi connectivity index (χ2n) is 15.4. The van der Waals surface area contributed by atoms with E-state index in [9.17, 15) is 39.0 Å². The number of carbonyl (C=O) groups is 6. The zero-order chi connectivity index (χ0) is 39.6. The van der Waals surface area contributed by atoms with E-state index in [4.69, 9.17) is 15.2 Å². The van der Waals surface area contributed by atoms with Crippen LogP contribution in [0, 0.1) is 17.3 Å². The molecular formula is C36H52N6O10. The first-order valence-electron chi connectivity index (χ1n) is 16.7. The minimum atomic E-state index is -1.71. The number of hydrogen-bond acceptors (Lipinski definition) is 11. The van der Waals surface area contributed by atoms with E-state index < -0.39 is 82.8 Å². The molecule has 4 atom stereocenters. The highest BCUT2D eigenvalue weighted by Crippen LogP contribution is 2.30. The zero-order valence-electron chi connectivity index (χ0n) is 31.2. The van der Waals surface area contributed by atoms with Crippen LogP contribution in [-0.4, -0.2) is 79.3 Å². The van der Waals surface area contributed by atoms with E-state index in [1.807, 2.05) is 0 Å². The molecule has 0 spiro atoms. The van der Waals surface area contributed by atoms with Crippen molar-refractivity contribution in [1.29, 1.82) is 0 Å². The maximum Gasteiger partial charge on any atom is 0.426 e. The molecule has 0 aliphatic rings. The number of hydrazine groups is 2. The van der Waals surface area contributed by atoms with Crippen LogP contribution in [0.25, 0.3) is 0 Å². The number of anilines is 1. The zero-order valence-corrected chi connectivity index (χ0v) is 31.2. The van der Waals surface area contributed by atoms with E-state index in [0.29, 0.717) is 10.6 Å². The largest absolute Gasteiger partial charge is 0.481 e. The van der Waals surface area contributed by atoms with E-state index in [1.165, 1.54) is 12.1 Å². The maximum atomic E-state index is 14.2. The van der Waals surface area contributed by atoms with Crippen molar-refractivity contribution >= 4 is 41.6 Å². The third-order valence-electron chi connectivity index (χ3n) is 7.50. The predicted molar refractivity (Wildman–Crippen MR) is 190 cm³/mol. The van der Waals surface area contributed by atoms with E-state index in [0.717, 1.165) is 6.20 Å². The molecule has 1 aromatic heterocycles. The molecule has 0 aliphatic carbocycles. The molecule has 16 nitrogen and oxygen atoms in total. The van der Waals surface area contributed by atoms with Gasteiger partial charge in [-0.15, -0.1) is 0 Å². The molecule has 16 heteroatoms. The average Bonchev–Trinajstić information content (AvgIpc) is 3.01. The number of aliphatic carboxylic acids is 2. The van der Waals surface area contributed by atoms with Crippen LogP contribution >= 0.6 is 0 Å². The van der Waals surface area contributed by atoms with Gasteiger partial charge < -0.3 is 25.4 Å². The van der Waals surface area contributed by atoms with Gasteiger partial charge in [-0.2, -0.15) is 0 Å². The van der Waals surface area contributed by atoms with E-state index in [-0.39, 0.29) is 24.2 Å². The Bertz CT molecular complexity index is 1560. The lowest BCUT2D eigenvalue weighted by atomic mass is 9.77. The van der Waals surface area contributed by atoms with E-state index in [2.05, 4.69) is 21.3 Å². The van der Waals surface area contributed by atoms with Gasteiger partial charge in [-0.3, -0.25) is 30.0 Å². The minimum absolute atomic E-state index is 0.0294. The van der Waals surface area contributed by atoms with Crippen molar-refractivity contribution in [3.63, 3.8) is 0 Å². The third-order valence-corrected chi connectivity index (χ3v) is 7.50. The summed E-state index contributed by atoms with van der Waals surface area (Å²) >= 11 is 0. The number of aromatic nitrogens is 1. The summed E-state index contributed by atoms with van der Waals surface area (Å²) in [5.41, 5.74) is 11.4. The Hall–Kier alpha value is -5.25. The highest BCUT2D eigenvalue weighted by atomic mass is 16.6. The molecule has 1 heterocycles. The Morgan fingerprint density at radius 1 is 0.827 bits per heavy atom. The molecule has 0 saturated heterocycles. The van der Waals surface area contributed by atoms with Crippen molar-refractivity contribution in [3.05, 3.63) is 59.8 Å². The number of carbonyl (C=O) groups excluding carboxylic acids is 4. The van der Waals surface area contributed by atoms with Crippen molar-refractivity contribution in [1.82, 2.24) is 20.8 Å². The molecule has 0 saturated carbocycles. The number of amides is 3. The molecule has 1 aromatic carbocycles. The summed E-state index contributed by atoms with van der Waals surface area (Å²) < 4.78 is 10.8. The molecular weight excluding hydrogens is 676 g/mol. The SMILES string of the molecule is CC(C)(C)OC(=O)NNc1ccc(C(=O)NN(C(=O)[C@@H](N)CC(C(=O)O)C(C)(C)C)[C@@H](CC(Cc2ccccc2)C(=O)O)C(=O)OC(C)(C)C)cn1. The smallest absolute Gasteiger partial charge is 0.426 e. The van der Waals surface area contributed by atoms with Gasteiger partial charge in [-0.05, 0) is 83.9 Å². The molecule has 0 bridgehead atoms. The number of nitrogens with one attached hydrogen (secondary N) is 3. The van der Waals surface area contributed by atoms with Crippen molar-refractivity contribution < 1.29 is 48.5 Å². The fraction of sp³-hybridized carbons (Fsp3) is 0.528. The standard InChI is InChI=1S/C36H52N6O10/c1-34(2,3)24(31(47)48)19-25(37)29(44)42(41-28(43)22-15-16-27(38-20-22)39-40-33(50)52-36(7,8)9)26(32(49)51-35(4,5)6)18-23(30(45)46)17-21-13-11-10-12-14-21/h10-16,20,23-26H,17-19,37H2,1-9H3,(H,38,39)(H,40,50)(H,41,43)(H,45,46)(H,47,48)/t23?,24?,25-,26-/m0/s1. The van der Waals surface area contributed by atoms with Crippen LogP contribution in [0.5, 0.6) is 0 Å². The molecule has 52 heavy (non-hydrogen) atoms. The molecule has 0 fully saturated rings. The number of hydrogen-bond donors (Lipinski definition) is 6. The lowest BCUT2D eigenvalue weighted by Gasteiger charge is -2.36. The van der Waals surface area contributed by atoms with Gasteiger partial charge in [0.25, 0.3) is 11.8 Å². The summed E-state index contributed by atoms with van der Waals surface area (Å²) in [6.07, 6.45) is -0.563. The fourth-order valence-electron chi connectivity index (χ4n) is 4.96. The Labute approximate surface area is 303 Å². The van der Waals surface area contributed by atoms with Crippen molar-refractivity contribution in [2.24, 2.45) is 23.0 Å². The Morgan fingerprint density at radius 3 is 1.90 bits per heavy atom. The topological polar surface area (TPSA) is 240 Å². The summed E-state index contributed by atoms with van der Waals surface area (Å²) in [7, 11) is 0. The summed E-state index contributed by atoms with van der Waals surface area (Å²) in [5, 5.41) is 20.8. The molecule has 2 aromatic rings. The van der Waals surface area contributed by atoms with Crippen LogP contribution in [0.2, 0.25) is 0 Å². The first kappa shape index (κ1) is 42.9. The number of rotatable bonds is 14. The number of carboxylic acid groups (broad SMARTS) is 2. The van der Waals surface area contributed by atoms with Crippen molar-refractivity contribution in [2.75, 3.05) is 5.43 Å². The number of nitrogens with two attached hydrogens (primary N) is 1. The van der Waals surface area contributed by atoms with Crippen molar-refractivity contribution in [3.8, 4) is 0 Å². The maximum absolute atomic E-state index is 14.2. The van der Waals surface area contributed by atoms with Crippen LogP contribution in [0.15, 0.2) is 48.7 Å². The summed E-state index contributed by atoms with van der Waals surface area (Å²) in [4.78, 5) is 82.5. The van der Waals surface area contributed by atoms with Gasteiger partial charge in [0, 0.05) is 6.20 Å². The lowest BCUT2D eigenvalue weighted by Crippen LogP contribution is -2.61. The van der Waals surface area contributed by atoms with Crippen LogP contribution < -0.4 is 22.0 Å².